The Morgan fingerprint density at radius 3 is 3.10 bits per heavy atom. The van der Waals surface area contributed by atoms with Crippen LogP contribution in [0.5, 0.6) is 5.75 Å². The fraction of sp³-hybridized carbons (Fsp3) is 0.500. The minimum atomic E-state index is 0.191. The Labute approximate surface area is 125 Å². The van der Waals surface area contributed by atoms with E-state index in [1.54, 1.807) is 12.4 Å². The zero-order valence-electron chi connectivity index (χ0n) is 12.6. The van der Waals surface area contributed by atoms with Crippen molar-refractivity contribution in [1.82, 2.24) is 20.1 Å². The van der Waals surface area contributed by atoms with E-state index < -0.39 is 0 Å². The molecule has 0 radical (unpaired) electrons. The van der Waals surface area contributed by atoms with Crippen molar-refractivity contribution in [3.05, 3.63) is 41.5 Å². The monoisotopic (exact) mass is 286 g/mol. The highest BCUT2D eigenvalue weighted by atomic mass is 16.3. The lowest BCUT2D eigenvalue weighted by Crippen LogP contribution is -2.32. The third-order valence-corrected chi connectivity index (χ3v) is 3.91. The molecule has 1 atom stereocenters. The van der Waals surface area contributed by atoms with Crippen LogP contribution < -0.4 is 5.32 Å². The van der Waals surface area contributed by atoms with E-state index in [2.05, 4.69) is 29.2 Å². The molecule has 0 aliphatic carbocycles. The third kappa shape index (κ3) is 3.08. The summed E-state index contributed by atoms with van der Waals surface area (Å²) in [4.78, 5) is 4.41. The Morgan fingerprint density at radius 1 is 1.43 bits per heavy atom. The smallest absolute Gasteiger partial charge is 0.138 e. The van der Waals surface area contributed by atoms with Crippen molar-refractivity contribution in [1.29, 1.82) is 0 Å². The first-order valence-corrected chi connectivity index (χ1v) is 7.55. The molecule has 1 aliphatic rings. The Bertz CT molecular complexity index is 620. The SMILES string of the molecule is CC(C)Cn1ncnc1CC1NCCc2ccc(O)cc21. The highest BCUT2D eigenvalue weighted by molar-refractivity contribution is 5.39. The van der Waals surface area contributed by atoms with Gasteiger partial charge in [0.25, 0.3) is 0 Å². The molecule has 2 heterocycles. The molecule has 5 heteroatoms. The van der Waals surface area contributed by atoms with E-state index in [0.717, 1.165) is 31.8 Å². The summed E-state index contributed by atoms with van der Waals surface area (Å²) < 4.78 is 1.99. The molecule has 21 heavy (non-hydrogen) atoms. The number of phenols is 1. The summed E-state index contributed by atoms with van der Waals surface area (Å²) in [6, 6.07) is 5.85. The molecular formula is C16H22N4O. The molecule has 1 aliphatic heterocycles. The van der Waals surface area contributed by atoms with Gasteiger partial charge in [0.1, 0.15) is 17.9 Å². The number of rotatable bonds is 4. The molecule has 0 saturated carbocycles. The number of phenolic OH excluding ortho intramolecular Hbond substituents is 1. The quantitative estimate of drug-likeness (QED) is 0.903. The Balaban J connectivity index is 1.84. The lowest BCUT2D eigenvalue weighted by Gasteiger charge is -2.27. The van der Waals surface area contributed by atoms with Crippen molar-refractivity contribution >= 4 is 0 Å². The number of hydrogen-bond acceptors (Lipinski definition) is 4. The fourth-order valence-corrected chi connectivity index (χ4v) is 2.93. The van der Waals surface area contributed by atoms with Gasteiger partial charge in [-0.05, 0) is 42.1 Å². The molecule has 0 fully saturated rings. The summed E-state index contributed by atoms with van der Waals surface area (Å²) in [5.74, 6) is 1.87. The maximum atomic E-state index is 9.74. The predicted octanol–water partition coefficient (Wildman–Crippen LogP) is 2.07. The van der Waals surface area contributed by atoms with E-state index in [0.29, 0.717) is 11.7 Å². The van der Waals surface area contributed by atoms with Crippen LogP contribution in [-0.4, -0.2) is 26.4 Å². The van der Waals surface area contributed by atoms with Gasteiger partial charge in [0.15, 0.2) is 0 Å². The maximum absolute atomic E-state index is 9.74. The van der Waals surface area contributed by atoms with Crippen LogP contribution in [-0.2, 0) is 19.4 Å². The van der Waals surface area contributed by atoms with E-state index in [1.165, 1.54) is 11.1 Å². The largest absolute Gasteiger partial charge is 0.508 e. The van der Waals surface area contributed by atoms with E-state index in [4.69, 9.17) is 0 Å². The molecule has 2 aromatic rings. The van der Waals surface area contributed by atoms with Crippen LogP contribution in [0.1, 0.15) is 36.8 Å². The molecule has 0 amide bonds. The number of nitrogens with one attached hydrogen (secondary N) is 1. The molecule has 3 rings (SSSR count). The van der Waals surface area contributed by atoms with Crippen molar-refractivity contribution in [2.45, 2.75) is 39.3 Å². The van der Waals surface area contributed by atoms with Gasteiger partial charge in [-0.15, -0.1) is 0 Å². The van der Waals surface area contributed by atoms with Gasteiger partial charge in [-0.3, -0.25) is 0 Å². The Morgan fingerprint density at radius 2 is 2.29 bits per heavy atom. The second kappa shape index (κ2) is 5.85. The molecular weight excluding hydrogens is 264 g/mol. The first-order chi connectivity index (χ1) is 10.1. The number of fused-ring (bicyclic) bond motifs is 1. The van der Waals surface area contributed by atoms with Gasteiger partial charge >= 0.3 is 0 Å². The molecule has 112 valence electrons. The molecule has 1 unspecified atom stereocenters. The van der Waals surface area contributed by atoms with Gasteiger partial charge in [-0.25, -0.2) is 9.67 Å². The van der Waals surface area contributed by atoms with Gasteiger partial charge in [-0.1, -0.05) is 19.9 Å². The Kier molecular flexibility index (Phi) is 3.92. The molecule has 0 saturated heterocycles. The van der Waals surface area contributed by atoms with Crippen LogP contribution >= 0.6 is 0 Å². The molecule has 0 bridgehead atoms. The second-order valence-electron chi connectivity index (χ2n) is 6.10. The van der Waals surface area contributed by atoms with E-state index in [9.17, 15) is 5.11 Å². The molecule has 1 aromatic carbocycles. The van der Waals surface area contributed by atoms with E-state index in [-0.39, 0.29) is 6.04 Å². The third-order valence-electron chi connectivity index (χ3n) is 3.91. The predicted molar refractivity (Wildman–Crippen MR) is 81.1 cm³/mol. The number of nitrogens with zero attached hydrogens (tertiary/aromatic N) is 3. The van der Waals surface area contributed by atoms with Crippen LogP contribution in [0.3, 0.4) is 0 Å². The summed E-state index contributed by atoms with van der Waals surface area (Å²) >= 11 is 0. The lowest BCUT2D eigenvalue weighted by atomic mass is 9.92. The summed E-state index contributed by atoms with van der Waals surface area (Å²) in [5, 5.41) is 17.6. The highest BCUT2D eigenvalue weighted by Gasteiger charge is 2.22. The summed E-state index contributed by atoms with van der Waals surface area (Å²) in [5.41, 5.74) is 2.49. The van der Waals surface area contributed by atoms with Gasteiger partial charge < -0.3 is 10.4 Å². The molecule has 2 N–H and O–H groups in total. The minimum absolute atomic E-state index is 0.191. The molecule has 1 aromatic heterocycles. The summed E-state index contributed by atoms with van der Waals surface area (Å²) in [6.45, 7) is 6.20. The second-order valence-corrected chi connectivity index (χ2v) is 6.10. The van der Waals surface area contributed by atoms with Gasteiger partial charge in [0.2, 0.25) is 0 Å². The zero-order valence-corrected chi connectivity index (χ0v) is 12.6. The van der Waals surface area contributed by atoms with Crippen molar-refractivity contribution in [3.63, 3.8) is 0 Å². The van der Waals surface area contributed by atoms with Gasteiger partial charge in [-0.2, -0.15) is 5.10 Å². The van der Waals surface area contributed by atoms with Crippen LogP contribution in [0.4, 0.5) is 0 Å². The summed E-state index contributed by atoms with van der Waals surface area (Å²) in [6.07, 6.45) is 3.43. The normalized spacial score (nSPS) is 18.0. The average Bonchev–Trinajstić information content (AvgIpc) is 2.86. The van der Waals surface area contributed by atoms with Crippen molar-refractivity contribution < 1.29 is 5.11 Å². The number of aromatic nitrogens is 3. The first-order valence-electron chi connectivity index (χ1n) is 7.55. The molecule has 0 spiro atoms. The van der Waals surface area contributed by atoms with E-state index >= 15 is 0 Å². The lowest BCUT2D eigenvalue weighted by molar-refractivity contribution is 0.433. The van der Waals surface area contributed by atoms with Gasteiger partial charge in [0.05, 0.1) is 0 Å². The first kappa shape index (κ1) is 14.1. The number of aromatic hydroxyl groups is 1. The average molecular weight is 286 g/mol. The Hall–Kier alpha value is -1.88. The minimum Gasteiger partial charge on any atom is -0.508 e. The zero-order chi connectivity index (χ0) is 14.8. The van der Waals surface area contributed by atoms with Crippen molar-refractivity contribution in [3.8, 4) is 5.75 Å². The number of benzene rings is 1. The van der Waals surface area contributed by atoms with Crippen LogP contribution in [0.15, 0.2) is 24.5 Å². The van der Waals surface area contributed by atoms with Gasteiger partial charge in [0, 0.05) is 19.0 Å². The van der Waals surface area contributed by atoms with E-state index in [1.807, 2.05) is 16.8 Å². The maximum Gasteiger partial charge on any atom is 0.138 e. The fourth-order valence-electron chi connectivity index (χ4n) is 2.93. The van der Waals surface area contributed by atoms with Crippen LogP contribution in [0.2, 0.25) is 0 Å². The van der Waals surface area contributed by atoms with Crippen LogP contribution in [0, 0.1) is 5.92 Å². The number of hydrogen-bond donors (Lipinski definition) is 2. The van der Waals surface area contributed by atoms with Crippen molar-refractivity contribution in [2.75, 3.05) is 6.54 Å². The topological polar surface area (TPSA) is 63.0 Å². The standard InChI is InChI=1S/C16H22N4O/c1-11(2)9-20-16(18-10-19-20)8-15-14-7-13(21)4-3-12(14)5-6-17-15/h3-4,7,10-11,15,17,21H,5-6,8-9H2,1-2H3. The summed E-state index contributed by atoms with van der Waals surface area (Å²) in [7, 11) is 0. The van der Waals surface area contributed by atoms with Crippen LogP contribution in [0.25, 0.3) is 0 Å². The molecule has 5 nitrogen and oxygen atoms in total. The van der Waals surface area contributed by atoms with Crippen molar-refractivity contribution in [2.24, 2.45) is 5.92 Å². The highest BCUT2D eigenvalue weighted by Crippen LogP contribution is 2.28.